The Morgan fingerprint density at radius 2 is 1.81 bits per heavy atom. The van der Waals surface area contributed by atoms with Crippen molar-refractivity contribution in [3.63, 3.8) is 0 Å². The van der Waals surface area contributed by atoms with Crippen LogP contribution in [0.5, 0.6) is 0 Å². The number of aromatic nitrogens is 2. The average Bonchev–Trinajstić information content (AvgIpc) is 3.22. The highest BCUT2D eigenvalue weighted by Crippen LogP contribution is 2.22. The molecule has 0 aliphatic heterocycles. The molecule has 9 heteroatoms. The summed E-state index contributed by atoms with van der Waals surface area (Å²) in [6, 6.07) is 17.6. The van der Waals surface area contributed by atoms with Gasteiger partial charge in [0.2, 0.25) is 10.0 Å². The van der Waals surface area contributed by atoms with E-state index in [1.54, 1.807) is 54.2 Å². The van der Waals surface area contributed by atoms with Crippen molar-refractivity contribution in [1.82, 2.24) is 19.8 Å². The van der Waals surface area contributed by atoms with Gasteiger partial charge in [0.25, 0.3) is 5.91 Å². The second kappa shape index (κ2) is 8.89. The Kier molecular flexibility index (Phi) is 6.02. The highest BCUT2D eigenvalue weighted by molar-refractivity contribution is 7.89. The molecule has 0 atom stereocenters. The molecule has 7 nitrogen and oxygen atoms in total. The van der Waals surface area contributed by atoms with Crippen LogP contribution in [0.2, 0.25) is 0 Å². The van der Waals surface area contributed by atoms with Gasteiger partial charge in [0, 0.05) is 18.5 Å². The van der Waals surface area contributed by atoms with Gasteiger partial charge in [0.05, 0.1) is 27.9 Å². The van der Waals surface area contributed by atoms with E-state index in [0.29, 0.717) is 34.3 Å². The second-order valence-corrected chi connectivity index (χ2v) is 8.87. The summed E-state index contributed by atoms with van der Waals surface area (Å²) in [5.41, 5.74) is 2.49. The number of nitrogens with zero attached hydrogens (tertiary/aromatic N) is 2. The Morgan fingerprint density at radius 1 is 1.06 bits per heavy atom. The maximum atomic E-state index is 13.2. The Balaban J connectivity index is 1.56. The van der Waals surface area contributed by atoms with Crippen LogP contribution in [-0.4, -0.2) is 30.7 Å². The van der Waals surface area contributed by atoms with E-state index in [2.05, 4.69) is 15.1 Å². The third-order valence-corrected chi connectivity index (χ3v) is 6.47. The summed E-state index contributed by atoms with van der Waals surface area (Å²) >= 11 is 0. The van der Waals surface area contributed by atoms with Gasteiger partial charge in [-0.05, 0) is 54.1 Å². The van der Waals surface area contributed by atoms with Gasteiger partial charge in [-0.2, -0.15) is 5.10 Å². The molecule has 3 aromatic carbocycles. The third kappa shape index (κ3) is 4.39. The number of carbonyl (C=O) groups is 1. The first kappa shape index (κ1) is 21.7. The van der Waals surface area contributed by atoms with Crippen LogP contribution >= 0.6 is 0 Å². The molecule has 0 unspecified atom stereocenters. The smallest absolute Gasteiger partial charge is 0.252 e. The molecule has 0 saturated carbocycles. The van der Waals surface area contributed by atoms with Crippen molar-refractivity contribution in [3.05, 3.63) is 89.9 Å². The number of rotatable bonds is 7. The molecule has 0 aliphatic carbocycles. The number of hydrogen-bond acceptors (Lipinski definition) is 4. The van der Waals surface area contributed by atoms with Gasteiger partial charge < -0.3 is 5.32 Å². The van der Waals surface area contributed by atoms with Gasteiger partial charge in [0.15, 0.2) is 0 Å². The summed E-state index contributed by atoms with van der Waals surface area (Å²) in [4.78, 5) is 13.0. The van der Waals surface area contributed by atoms with Crippen LogP contribution < -0.4 is 10.0 Å². The molecular formula is C23H21FN4O3S. The van der Waals surface area contributed by atoms with Crippen LogP contribution in [-0.2, 0) is 16.6 Å². The molecule has 1 heterocycles. The Morgan fingerprint density at radius 3 is 2.56 bits per heavy atom. The zero-order valence-corrected chi connectivity index (χ0v) is 18.1. The van der Waals surface area contributed by atoms with E-state index in [9.17, 15) is 17.6 Å². The predicted molar refractivity (Wildman–Crippen MR) is 120 cm³/mol. The number of benzene rings is 3. The topological polar surface area (TPSA) is 93.1 Å². The number of hydrogen-bond donors (Lipinski definition) is 2. The number of nitrogens with one attached hydrogen (secondary N) is 2. The molecule has 0 fully saturated rings. The number of amides is 1. The quantitative estimate of drug-likeness (QED) is 0.450. The van der Waals surface area contributed by atoms with Crippen molar-refractivity contribution >= 4 is 26.8 Å². The van der Waals surface area contributed by atoms with Crippen molar-refractivity contribution in [2.45, 2.75) is 18.4 Å². The molecule has 32 heavy (non-hydrogen) atoms. The standard InChI is InChI=1S/C23H21FN4O3S/c1-2-27-32(30,31)19-6-3-5-16(13-19)14-25-23(29)20-7-4-8-22-21(20)15-26-28(22)18-11-9-17(24)10-12-18/h3-13,15,27H,2,14H2,1H3,(H,25,29). The Hall–Kier alpha value is -3.56. The first-order valence-corrected chi connectivity index (χ1v) is 11.5. The zero-order chi connectivity index (χ0) is 22.7. The Bertz CT molecular complexity index is 1380. The maximum Gasteiger partial charge on any atom is 0.252 e. The van der Waals surface area contributed by atoms with Crippen LogP contribution in [0.4, 0.5) is 4.39 Å². The minimum atomic E-state index is -3.58. The minimum Gasteiger partial charge on any atom is -0.348 e. The lowest BCUT2D eigenvalue weighted by atomic mass is 10.1. The third-order valence-electron chi connectivity index (χ3n) is 4.93. The lowest BCUT2D eigenvalue weighted by Crippen LogP contribution is -2.24. The fourth-order valence-corrected chi connectivity index (χ4v) is 4.52. The fourth-order valence-electron chi connectivity index (χ4n) is 3.41. The van der Waals surface area contributed by atoms with E-state index in [4.69, 9.17) is 0 Å². The van der Waals surface area contributed by atoms with Crippen molar-refractivity contribution in [3.8, 4) is 5.69 Å². The Labute approximate surface area is 184 Å². The van der Waals surface area contributed by atoms with Crippen molar-refractivity contribution in [2.75, 3.05) is 6.54 Å². The summed E-state index contributed by atoms with van der Waals surface area (Å²) in [6.45, 7) is 2.16. The van der Waals surface area contributed by atoms with Crippen LogP contribution in [0.3, 0.4) is 0 Å². The lowest BCUT2D eigenvalue weighted by molar-refractivity contribution is 0.0952. The van der Waals surface area contributed by atoms with E-state index in [0.717, 1.165) is 0 Å². The molecule has 0 saturated heterocycles. The SMILES string of the molecule is CCNS(=O)(=O)c1cccc(CNC(=O)c2cccc3c2cnn3-c2ccc(F)cc2)c1. The van der Waals surface area contributed by atoms with Gasteiger partial charge in [0.1, 0.15) is 5.82 Å². The largest absolute Gasteiger partial charge is 0.348 e. The van der Waals surface area contributed by atoms with E-state index >= 15 is 0 Å². The van der Waals surface area contributed by atoms with E-state index < -0.39 is 10.0 Å². The minimum absolute atomic E-state index is 0.147. The van der Waals surface area contributed by atoms with E-state index in [-0.39, 0.29) is 23.2 Å². The second-order valence-electron chi connectivity index (χ2n) is 7.10. The van der Waals surface area contributed by atoms with Gasteiger partial charge in [-0.1, -0.05) is 25.1 Å². The summed E-state index contributed by atoms with van der Waals surface area (Å²) in [7, 11) is -3.58. The molecule has 0 aliphatic rings. The number of fused-ring (bicyclic) bond motifs is 1. The molecule has 0 bridgehead atoms. The van der Waals surface area contributed by atoms with Gasteiger partial charge in [-0.3, -0.25) is 4.79 Å². The average molecular weight is 453 g/mol. The highest BCUT2D eigenvalue weighted by atomic mass is 32.2. The molecule has 4 rings (SSSR count). The van der Waals surface area contributed by atoms with Gasteiger partial charge >= 0.3 is 0 Å². The molecule has 2 N–H and O–H groups in total. The molecule has 1 aromatic heterocycles. The van der Waals surface area contributed by atoms with E-state index in [1.807, 2.05) is 6.07 Å². The van der Waals surface area contributed by atoms with Crippen LogP contribution in [0.25, 0.3) is 16.6 Å². The predicted octanol–water partition coefficient (Wildman–Crippen LogP) is 3.39. The molecule has 0 radical (unpaired) electrons. The monoisotopic (exact) mass is 452 g/mol. The fraction of sp³-hybridized carbons (Fsp3) is 0.130. The van der Waals surface area contributed by atoms with Crippen LogP contribution in [0.1, 0.15) is 22.8 Å². The summed E-state index contributed by atoms with van der Waals surface area (Å²) in [5.74, 6) is -0.651. The normalized spacial score (nSPS) is 11.6. The first-order chi connectivity index (χ1) is 15.4. The number of sulfonamides is 1. The van der Waals surface area contributed by atoms with Crippen LogP contribution in [0.15, 0.2) is 77.8 Å². The molecule has 164 valence electrons. The molecule has 4 aromatic rings. The number of halogens is 1. The van der Waals surface area contributed by atoms with Crippen LogP contribution in [0, 0.1) is 5.82 Å². The number of carbonyl (C=O) groups excluding carboxylic acids is 1. The molecular weight excluding hydrogens is 431 g/mol. The lowest BCUT2D eigenvalue weighted by Gasteiger charge is -2.09. The highest BCUT2D eigenvalue weighted by Gasteiger charge is 2.15. The maximum absolute atomic E-state index is 13.2. The summed E-state index contributed by atoms with van der Waals surface area (Å²) in [6.07, 6.45) is 1.59. The molecule has 1 amide bonds. The van der Waals surface area contributed by atoms with Gasteiger partial charge in [-0.25, -0.2) is 22.2 Å². The zero-order valence-electron chi connectivity index (χ0n) is 17.2. The molecule has 0 spiro atoms. The summed E-state index contributed by atoms with van der Waals surface area (Å²) in [5, 5.41) is 7.84. The summed E-state index contributed by atoms with van der Waals surface area (Å²) < 4.78 is 41.7. The van der Waals surface area contributed by atoms with Gasteiger partial charge in [-0.15, -0.1) is 0 Å². The first-order valence-electron chi connectivity index (χ1n) is 9.98. The van der Waals surface area contributed by atoms with Crippen molar-refractivity contribution in [2.24, 2.45) is 0 Å². The van der Waals surface area contributed by atoms with E-state index in [1.165, 1.54) is 24.3 Å². The van der Waals surface area contributed by atoms with Crippen molar-refractivity contribution in [1.29, 1.82) is 0 Å². The van der Waals surface area contributed by atoms with Crippen molar-refractivity contribution < 1.29 is 17.6 Å².